The minimum Gasteiger partial charge on any atom is -0.335 e. The molecule has 0 aliphatic carbocycles. The maximum atomic E-state index is 13.3. The van der Waals surface area contributed by atoms with Crippen molar-refractivity contribution >= 4 is 22.6 Å². The first-order chi connectivity index (χ1) is 7.70. The van der Waals surface area contributed by atoms with Crippen LogP contribution >= 0.6 is 11.8 Å². The maximum absolute atomic E-state index is 13.3. The number of anilines is 1. The smallest absolute Gasteiger partial charge is 0.161 e. The first-order valence-corrected chi connectivity index (χ1v) is 6.42. The highest BCUT2D eigenvalue weighted by molar-refractivity contribution is 8.14. The SMILES string of the molecule is CCC1CSC(Nc2cccc(F)c2C)=N1. The Labute approximate surface area is 99.3 Å². The molecule has 0 saturated carbocycles. The van der Waals surface area contributed by atoms with E-state index in [0.717, 1.165) is 23.0 Å². The Morgan fingerprint density at radius 2 is 2.38 bits per heavy atom. The van der Waals surface area contributed by atoms with Crippen LogP contribution in [0.15, 0.2) is 23.2 Å². The van der Waals surface area contributed by atoms with Gasteiger partial charge < -0.3 is 5.32 Å². The number of hydrogen-bond acceptors (Lipinski definition) is 3. The largest absolute Gasteiger partial charge is 0.335 e. The summed E-state index contributed by atoms with van der Waals surface area (Å²) in [5, 5.41) is 4.09. The lowest BCUT2D eigenvalue weighted by Gasteiger charge is -2.08. The zero-order chi connectivity index (χ0) is 11.5. The minimum atomic E-state index is -0.180. The maximum Gasteiger partial charge on any atom is 0.161 e. The second-order valence-corrected chi connectivity index (χ2v) is 4.85. The Hall–Kier alpha value is -1.03. The molecule has 16 heavy (non-hydrogen) atoms. The molecule has 2 rings (SSSR count). The molecule has 0 fully saturated rings. The van der Waals surface area contributed by atoms with E-state index in [1.54, 1.807) is 24.8 Å². The van der Waals surface area contributed by atoms with Gasteiger partial charge in [-0.3, -0.25) is 4.99 Å². The van der Waals surface area contributed by atoms with Crippen LogP contribution in [0.3, 0.4) is 0 Å². The van der Waals surface area contributed by atoms with Crippen molar-refractivity contribution in [1.82, 2.24) is 0 Å². The molecule has 1 atom stereocenters. The monoisotopic (exact) mass is 238 g/mol. The zero-order valence-electron chi connectivity index (χ0n) is 9.46. The lowest BCUT2D eigenvalue weighted by Crippen LogP contribution is -2.07. The molecule has 1 aromatic carbocycles. The van der Waals surface area contributed by atoms with Gasteiger partial charge in [-0.25, -0.2) is 4.39 Å². The Bertz CT molecular complexity index is 417. The van der Waals surface area contributed by atoms with Crippen molar-refractivity contribution in [1.29, 1.82) is 0 Å². The van der Waals surface area contributed by atoms with E-state index in [0.29, 0.717) is 11.6 Å². The number of rotatable bonds is 2. The van der Waals surface area contributed by atoms with Gasteiger partial charge in [-0.2, -0.15) is 0 Å². The standard InChI is InChI=1S/C12H15FN2S/c1-3-9-7-16-12(14-9)15-11-6-4-5-10(13)8(11)2/h4-6,9H,3,7H2,1-2H3,(H,14,15). The predicted octanol–water partition coefficient (Wildman–Crippen LogP) is 3.43. The fourth-order valence-corrected chi connectivity index (χ4v) is 2.62. The van der Waals surface area contributed by atoms with Crippen LogP contribution in [0.5, 0.6) is 0 Å². The van der Waals surface area contributed by atoms with E-state index < -0.39 is 0 Å². The summed E-state index contributed by atoms with van der Waals surface area (Å²) in [6, 6.07) is 5.46. The average molecular weight is 238 g/mol. The summed E-state index contributed by atoms with van der Waals surface area (Å²) >= 11 is 1.70. The van der Waals surface area contributed by atoms with Crippen molar-refractivity contribution in [2.45, 2.75) is 26.3 Å². The molecule has 0 saturated heterocycles. The van der Waals surface area contributed by atoms with Crippen LogP contribution in [0, 0.1) is 12.7 Å². The van der Waals surface area contributed by atoms with Gasteiger partial charge in [-0.1, -0.05) is 24.8 Å². The van der Waals surface area contributed by atoms with Crippen molar-refractivity contribution in [3.63, 3.8) is 0 Å². The summed E-state index contributed by atoms with van der Waals surface area (Å²) in [7, 11) is 0. The van der Waals surface area contributed by atoms with Crippen molar-refractivity contribution < 1.29 is 4.39 Å². The first-order valence-electron chi connectivity index (χ1n) is 5.43. The van der Waals surface area contributed by atoms with Gasteiger partial charge >= 0.3 is 0 Å². The molecule has 1 heterocycles. The fourth-order valence-electron chi connectivity index (χ4n) is 1.55. The third-order valence-corrected chi connectivity index (χ3v) is 3.73. The number of halogens is 1. The molecule has 4 heteroatoms. The number of hydrogen-bond donors (Lipinski definition) is 1. The highest BCUT2D eigenvalue weighted by Crippen LogP contribution is 2.24. The molecular formula is C12H15FN2S. The van der Waals surface area contributed by atoms with E-state index >= 15 is 0 Å². The molecule has 1 N–H and O–H groups in total. The second-order valence-electron chi connectivity index (χ2n) is 3.84. The Morgan fingerprint density at radius 1 is 1.56 bits per heavy atom. The quantitative estimate of drug-likeness (QED) is 0.853. The molecule has 0 radical (unpaired) electrons. The third-order valence-electron chi connectivity index (χ3n) is 2.69. The molecule has 1 aromatic rings. The number of aliphatic imine (C=N–C) groups is 1. The van der Waals surface area contributed by atoms with E-state index in [9.17, 15) is 4.39 Å². The van der Waals surface area contributed by atoms with Crippen LogP contribution in [0.25, 0.3) is 0 Å². The van der Waals surface area contributed by atoms with E-state index in [2.05, 4.69) is 17.2 Å². The summed E-state index contributed by atoms with van der Waals surface area (Å²) in [6.07, 6.45) is 1.06. The Morgan fingerprint density at radius 3 is 3.06 bits per heavy atom. The van der Waals surface area contributed by atoms with Crippen LogP contribution in [-0.2, 0) is 0 Å². The topological polar surface area (TPSA) is 24.4 Å². The summed E-state index contributed by atoms with van der Waals surface area (Å²) in [6.45, 7) is 3.90. The Kier molecular flexibility index (Phi) is 3.49. The van der Waals surface area contributed by atoms with Gasteiger partial charge in [0.25, 0.3) is 0 Å². The lowest BCUT2D eigenvalue weighted by atomic mass is 10.2. The van der Waals surface area contributed by atoms with Gasteiger partial charge in [0.15, 0.2) is 5.17 Å². The predicted molar refractivity (Wildman–Crippen MR) is 68.7 cm³/mol. The highest BCUT2D eigenvalue weighted by atomic mass is 32.2. The molecule has 0 aromatic heterocycles. The van der Waals surface area contributed by atoms with Crippen LogP contribution in [0.1, 0.15) is 18.9 Å². The molecule has 1 aliphatic heterocycles. The van der Waals surface area contributed by atoms with Gasteiger partial charge in [-0.05, 0) is 25.5 Å². The van der Waals surface area contributed by atoms with Gasteiger partial charge in [0.2, 0.25) is 0 Å². The van der Waals surface area contributed by atoms with Crippen LogP contribution < -0.4 is 5.32 Å². The second kappa shape index (κ2) is 4.87. The summed E-state index contributed by atoms with van der Waals surface area (Å²) in [4.78, 5) is 4.52. The molecule has 0 spiro atoms. The minimum absolute atomic E-state index is 0.180. The van der Waals surface area contributed by atoms with Gasteiger partial charge in [0, 0.05) is 17.0 Å². The summed E-state index contributed by atoms with van der Waals surface area (Å²) in [5.41, 5.74) is 1.45. The molecule has 0 amide bonds. The number of amidine groups is 1. The third kappa shape index (κ3) is 2.38. The number of nitrogens with zero attached hydrogens (tertiary/aromatic N) is 1. The van der Waals surface area contributed by atoms with E-state index in [1.165, 1.54) is 6.07 Å². The van der Waals surface area contributed by atoms with Gasteiger partial charge in [0.05, 0.1) is 6.04 Å². The zero-order valence-corrected chi connectivity index (χ0v) is 10.3. The van der Waals surface area contributed by atoms with Gasteiger partial charge in [-0.15, -0.1) is 0 Å². The molecule has 1 unspecified atom stereocenters. The summed E-state index contributed by atoms with van der Waals surface area (Å²) < 4.78 is 13.3. The van der Waals surface area contributed by atoms with Gasteiger partial charge in [0.1, 0.15) is 5.82 Å². The molecule has 1 aliphatic rings. The highest BCUT2D eigenvalue weighted by Gasteiger charge is 2.17. The van der Waals surface area contributed by atoms with Crippen molar-refractivity contribution in [3.05, 3.63) is 29.6 Å². The number of thioether (sulfide) groups is 1. The van der Waals surface area contributed by atoms with Crippen molar-refractivity contribution in [2.75, 3.05) is 11.1 Å². The number of benzene rings is 1. The normalized spacial score (nSPS) is 19.7. The summed E-state index contributed by atoms with van der Waals surface area (Å²) in [5.74, 6) is 0.841. The molecule has 2 nitrogen and oxygen atoms in total. The van der Waals surface area contributed by atoms with E-state index in [4.69, 9.17) is 0 Å². The molecular weight excluding hydrogens is 223 g/mol. The Balaban J connectivity index is 2.13. The van der Waals surface area contributed by atoms with Crippen molar-refractivity contribution in [2.24, 2.45) is 4.99 Å². The first kappa shape index (κ1) is 11.5. The molecule has 86 valence electrons. The lowest BCUT2D eigenvalue weighted by molar-refractivity contribution is 0.619. The van der Waals surface area contributed by atoms with E-state index in [1.807, 2.05) is 6.07 Å². The van der Waals surface area contributed by atoms with Crippen LogP contribution in [0.2, 0.25) is 0 Å². The van der Waals surface area contributed by atoms with Crippen LogP contribution in [0.4, 0.5) is 10.1 Å². The fraction of sp³-hybridized carbons (Fsp3) is 0.417. The average Bonchev–Trinajstić information content (AvgIpc) is 2.73. The molecule has 0 bridgehead atoms. The van der Waals surface area contributed by atoms with E-state index in [-0.39, 0.29) is 5.82 Å². The van der Waals surface area contributed by atoms with Crippen molar-refractivity contribution in [3.8, 4) is 0 Å². The number of nitrogens with one attached hydrogen (secondary N) is 1. The van der Waals surface area contributed by atoms with Crippen LogP contribution in [-0.4, -0.2) is 17.0 Å².